The van der Waals surface area contributed by atoms with E-state index >= 15 is 0 Å². The van der Waals surface area contributed by atoms with Crippen LogP contribution < -0.4 is 10.6 Å². The molecule has 0 unspecified atom stereocenters. The molecule has 2 rings (SSSR count). The summed E-state index contributed by atoms with van der Waals surface area (Å²) in [5.41, 5.74) is 2.73. The number of amides is 2. The first kappa shape index (κ1) is 16.5. The van der Waals surface area contributed by atoms with E-state index in [-0.39, 0.29) is 6.03 Å². The van der Waals surface area contributed by atoms with Crippen LogP contribution in [0.5, 0.6) is 0 Å². The van der Waals surface area contributed by atoms with Crippen molar-refractivity contribution in [3.05, 3.63) is 59.4 Å². The van der Waals surface area contributed by atoms with Gasteiger partial charge in [-0.2, -0.15) is 0 Å². The van der Waals surface area contributed by atoms with Crippen molar-refractivity contribution in [1.82, 2.24) is 10.3 Å². The topological polar surface area (TPSA) is 80.3 Å². The number of hydrogen-bond acceptors (Lipinski definition) is 4. The fourth-order valence-electron chi connectivity index (χ4n) is 1.98. The zero-order valence-corrected chi connectivity index (χ0v) is 13.1. The predicted molar refractivity (Wildman–Crippen MR) is 87.2 cm³/mol. The van der Waals surface area contributed by atoms with Gasteiger partial charge in [-0.15, -0.1) is 0 Å². The molecule has 23 heavy (non-hydrogen) atoms. The molecule has 120 valence electrons. The molecule has 0 atom stereocenters. The predicted octanol–water partition coefficient (Wildman–Crippen LogP) is 2.89. The summed E-state index contributed by atoms with van der Waals surface area (Å²) in [6, 6.07) is 10.0. The molecule has 6 heteroatoms. The molecule has 2 aromatic rings. The van der Waals surface area contributed by atoms with Gasteiger partial charge >= 0.3 is 12.0 Å². The van der Waals surface area contributed by atoms with Crippen LogP contribution in [0.15, 0.2) is 42.6 Å². The average molecular weight is 313 g/mol. The monoisotopic (exact) mass is 313 g/mol. The number of esters is 1. The van der Waals surface area contributed by atoms with Crippen LogP contribution in [0.25, 0.3) is 0 Å². The van der Waals surface area contributed by atoms with Gasteiger partial charge in [0.2, 0.25) is 0 Å². The summed E-state index contributed by atoms with van der Waals surface area (Å²) >= 11 is 0. The van der Waals surface area contributed by atoms with Gasteiger partial charge in [0.1, 0.15) is 0 Å². The molecule has 1 aromatic heterocycles. The van der Waals surface area contributed by atoms with E-state index in [1.165, 1.54) is 0 Å². The summed E-state index contributed by atoms with van der Waals surface area (Å²) in [5.74, 6) is -0.416. The number of nitrogens with one attached hydrogen (secondary N) is 2. The molecule has 0 saturated heterocycles. The molecular weight excluding hydrogens is 294 g/mol. The third-order valence-electron chi connectivity index (χ3n) is 3.17. The Hall–Kier alpha value is -2.89. The molecule has 1 heterocycles. The van der Waals surface area contributed by atoms with Crippen molar-refractivity contribution in [2.45, 2.75) is 20.4 Å². The second-order valence-electron chi connectivity index (χ2n) is 4.88. The number of rotatable bonds is 5. The van der Waals surface area contributed by atoms with Gasteiger partial charge < -0.3 is 15.4 Å². The Balaban J connectivity index is 1.94. The first-order valence-corrected chi connectivity index (χ1v) is 7.32. The highest BCUT2D eigenvalue weighted by Crippen LogP contribution is 2.12. The molecular formula is C17H19N3O3. The molecule has 2 amide bonds. The van der Waals surface area contributed by atoms with Gasteiger partial charge in [0.15, 0.2) is 0 Å². The fraction of sp³-hybridized carbons (Fsp3) is 0.235. The molecule has 0 bridgehead atoms. The fourth-order valence-corrected chi connectivity index (χ4v) is 1.98. The van der Waals surface area contributed by atoms with E-state index in [1.807, 2.05) is 19.1 Å². The largest absolute Gasteiger partial charge is 0.462 e. The Morgan fingerprint density at radius 1 is 1.22 bits per heavy atom. The molecule has 6 nitrogen and oxygen atoms in total. The quantitative estimate of drug-likeness (QED) is 0.832. The Bertz CT molecular complexity index is 701. The van der Waals surface area contributed by atoms with Gasteiger partial charge in [-0.3, -0.25) is 4.98 Å². The number of pyridine rings is 1. The molecule has 0 aliphatic rings. The van der Waals surface area contributed by atoms with Crippen molar-refractivity contribution in [2.75, 3.05) is 11.9 Å². The summed E-state index contributed by atoms with van der Waals surface area (Å²) in [4.78, 5) is 27.8. The third-order valence-corrected chi connectivity index (χ3v) is 3.17. The van der Waals surface area contributed by atoms with Crippen molar-refractivity contribution in [1.29, 1.82) is 0 Å². The first-order chi connectivity index (χ1) is 11.1. The summed E-state index contributed by atoms with van der Waals surface area (Å²) in [5, 5.41) is 5.42. The zero-order chi connectivity index (χ0) is 16.7. The van der Waals surface area contributed by atoms with Gasteiger partial charge in [0, 0.05) is 11.9 Å². The Labute approximate surface area is 134 Å². The Kier molecular flexibility index (Phi) is 5.68. The van der Waals surface area contributed by atoms with Crippen LogP contribution in [0.2, 0.25) is 0 Å². The molecule has 0 saturated carbocycles. The zero-order valence-electron chi connectivity index (χ0n) is 13.1. The smallest absolute Gasteiger partial charge is 0.338 e. The van der Waals surface area contributed by atoms with Crippen molar-refractivity contribution in [2.24, 2.45) is 0 Å². The number of carbonyl (C=O) groups excluding carboxylic acids is 2. The van der Waals surface area contributed by atoms with E-state index in [1.54, 1.807) is 37.4 Å². The number of carbonyl (C=O) groups is 2. The van der Waals surface area contributed by atoms with Gasteiger partial charge in [-0.1, -0.05) is 12.1 Å². The van der Waals surface area contributed by atoms with E-state index < -0.39 is 5.97 Å². The lowest BCUT2D eigenvalue weighted by atomic mass is 10.2. The van der Waals surface area contributed by atoms with Crippen molar-refractivity contribution in [3.63, 3.8) is 0 Å². The van der Waals surface area contributed by atoms with Crippen LogP contribution in [0.3, 0.4) is 0 Å². The van der Waals surface area contributed by atoms with Gasteiger partial charge in [0.25, 0.3) is 0 Å². The molecule has 0 fully saturated rings. The van der Waals surface area contributed by atoms with Crippen LogP contribution in [0, 0.1) is 6.92 Å². The minimum Gasteiger partial charge on any atom is -0.462 e. The number of urea groups is 1. The molecule has 0 radical (unpaired) electrons. The van der Waals surface area contributed by atoms with Crippen LogP contribution in [0.1, 0.15) is 28.5 Å². The lowest BCUT2D eigenvalue weighted by Gasteiger charge is -2.09. The SMILES string of the molecule is CCOC(=O)c1cccc(NC(=O)NCc2ncccc2C)c1. The second-order valence-corrected chi connectivity index (χ2v) is 4.88. The minimum atomic E-state index is -0.416. The number of ether oxygens (including phenoxy) is 1. The highest BCUT2D eigenvalue weighted by Gasteiger charge is 2.08. The van der Waals surface area contributed by atoms with Crippen molar-refractivity contribution < 1.29 is 14.3 Å². The van der Waals surface area contributed by atoms with E-state index in [0.29, 0.717) is 24.4 Å². The van der Waals surface area contributed by atoms with E-state index in [4.69, 9.17) is 4.74 Å². The average Bonchev–Trinajstić information content (AvgIpc) is 2.54. The number of anilines is 1. The highest BCUT2D eigenvalue weighted by molar-refractivity contribution is 5.93. The lowest BCUT2D eigenvalue weighted by Crippen LogP contribution is -2.28. The molecule has 0 spiro atoms. The minimum absolute atomic E-state index is 0.306. The van der Waals surface area contributed by atoms with E-state index in [2.05, 4.69) is 15.6 Å². The summed E-state index contributed by atoms with van der Waals surface area (Å²) < 4.78 is 4.93. The lowest BCUT2D eigenvalue weighted by molar-refractivity contribution is 0.0526. The Morgan fingerprint density at radius 3 is 2.78 bits per heavy atom. The van der Waals surface area contributed by atoms with Gasteiger partial charge in [-0.05, 0) is 43.7 Å². The normalized spacial score (nSPS) is 10.0. The maximum atomic E-state index is 11.9. The molecule has 1 aromatic carbocycles. The third kappa shape index (κ3) is 4.81. The molecule has 0 aliphatic carbocycles. The summed E-state index contributed by atoms with van der Waals surface area (Å²) in [6.07, 6.45) is 1.69. The number of hydrogen-bond donors (Lipinski definition) is 2. The van der Waals surface area contributed by atoms with Crippen molar-refractivity contribution >= 4 is 17.7 Å². The van der Waals surface area contributed by atoms with E-state index in [0.717, 1.165) is 11.3 Å². The number of aromatic nitrogens is 1. The van der Waals surface area contributed by atoms with Gasteiger partial charge in [-0.25, -0.2) is 9.59 Å². The summed E-state index contributed by atoms with van der Waals surface area (Å²) in [7, 11) is 0. The van der Waals surface area contributed by atoms with Crippen LogP contribution in [-0.4, -0.2) is 23.6 Å². The van der Waals surface area contributed by atoms with E-state index in [9.17, 15) is 9.59 Å². The molecule has 2 N–H and O–H groups in total. The van der Waals surface area contributed by atoms with Crippen molar-refractivity contribution in [3.8, 4) is 0 Å². The number of aryl methyl sites for hydroxylation is 1. The first-order valence-electron chi connectivity index (χ1n) is 7.32. The Morgan fingerprint density at radius 2 is 2.04 bits per heavy atom. The van der Waals surface area contributed by atoms with Crippen LogP contribution in [0.4, 0.5) is 10.5 Å². The maximum absolute atomic E-state index is 11.9. The molecule has 0 aliphatic heterocycles. The van der Waals surface area contributed by atoms with Gasteiger partial charge in [0.05, 0.1) is 24.4 Å². The van der Waals surface area contributed by atoms with Crippen LogP contribution >= 0.6 is 0 Å². The summed E-state index contributed by atoms with van der Waals surface area (Å²) in [6.45, 7) is 4.31. The highest BCUT2D eigenvalue weighted by atomic mass is 16.5. The maximum Gasteiger partial charge on any atom is 0.338 e. The van der Waals surface area contributed by atoms with Crippen LogP contribution in [-0.2, 0) is 11.3 Å². The number of benzene rings is 1. The second kappa shape index (κ2) is 7.93. The standard InChI is InChI=1S/C17H19N3O3/c1-3-23-16(21)13-7-4-8-14(10-13)20-17(22)19-11-15-12(2)6-5-9-18-15/h4-10H,3,11H2,1-2H3,(H2,19,20,22). The number of nitrogens with zero attached hydrogens (tertiary/aromatic N) is 1.